The molecular formula is C16H16N4O5S. The summed E-state index contributed by atoms with van der Waals surface area (Å²) in [7, 11) is 0. The first-order valence-electron chi connectivity index (χ1n) is 7.87. The lowest BCUT2D eigenvalue weighted by molar-refractivity contribution is -0.384. The number of carbonyl (C=O) groups is 1. The van der Waals surface area contributed by atoms with Gasteiger partial charge in [0.2, 0.25) is 0 Å². The number of amides is 1. The Bertz CT molecular complexity index is 1030. The minimum atomic E-state index is -0.534. The molecule has 0 radical (unpaired) electrons. The van der Waals surface area contributed by atoms with Crippen LogP contribution < -0.4 is 4.80 Å². The number of non-ortho nitro benzene ring substituents is 1. The van der Waals surface area contributed by atoms with E-state index in [1.165, 1.54) is 29.5 Å². The maximum Gasteiger partial charge on any atom is 0.301 e. The van der Waals surface area contributed by atoms with Crippen LogP contribution in [0.1, 0.15) is 23.2 Å². The average Bonchev–Trinajstić information content (AvgIpc) is 3.18. The summed E-state index contributed by atoms with van der Waals surface area (Å²) in [5.41, 5.74) is 0.722. The lowest BCUT2D eigenvalue weighted by Gasteiger charge is -2.05. The van der Waals surface area contributed by atoms with Crippen LogP contribution >= 0.6 is 11.3 Å². The van der Waals surface area contributed by atoms with Gasteiger partial charge in [-0.2, -0.15) is 4.99 Å². The van der Waals surface area contributed by atoms with Crippen molar-refractivity contribution >= 4 is 33.1 Å². The molecule has 0 aliphatic rings. The van der Waals surface area contributed by atoms with E-state index in [2.05, 4.69) is 10.1 Å². The summed E-state index contributed by atoms with van der Waals surface area (Å²) >= 11 is 1.27. The quantitative estimate of drug-likeness (QED) is 0.371. The monoisotopic (exact) mass is 376 g/mol. The van der Waals surface area contributed by atoms with E-state index in [0.717, 1.165) is 4.70 Å². The third-order valence-corrected chi connectivity index (χ3v) is 4.64. The molecule has 0 unspecified atom stereocenters. The van der Waals surface area contributed by atoms with Crippen LogP contribution in [0, 0.1) is 17.0 Å². The summed E-state index contributed by atoms with van der Waals surface area (Å²) in [6.45, 7) is 4.93. The molecule has 3 rings (SSSR count). The van der Waals surface area contributed by atoms with Crippen LogP contribution in [0.4, 0.5) is 5.69 Å². The highest BCUT2D eigenvalue weighted by molar-refractivity contribution is 7.16. The third-order valence-electron chi connectivity index (χ3n) is 3.58. The van der Waals surface area contributed by atoms with E-state index in [0.29, 0.717) is 35.8 Å². The lowest BCUT2D eigenvalue weighted by atomic mass is 10.3. The first kappa shape index (κ1) is 18.0. The van der Waals surface area contributed by atoms with Gasteiger partial charge in [0, 0.05) is 31.4 Å². The second-order valence-electron chi connectivity index (χ2n) is 5.38. The van der Waals surface area contributed by atoms with Gasteiger partial charge in [-0.25, -0.2) is 0 Å². The Morgan fingerprint density at radius 1 is 1.46 bits per heavy atom. The number of aryl methyl sites for hydroxylation is 1. The van der Waals surface area contributed by atoms with Gasteiger partial charge in [-0.15, -0.1) is 0 Å². The fourth-order valence-electron chi connectivity index (χ4n) is 2.38. The molecule has 0 N–H and O–H groups in total. The molecule has 0 saturated heterocycles. The molecule has 1 amide bonds. The van der Waals surface area contributed by atoms with Crippen LogP contribution in [0.3, 0.4) is 0 Å². The molecule has 26 heavy (non-hydrogen) atoms. The number of rotatable bonds is 6. The first-order valence-corrected chi connectivity index (χ1v) is 8.69. The van der Waals surface area contributed by atoms with Gasteiger partial charge in [0.15, 0.2) is 10.5 Å². The maximum absolute atomic E-state index is 12.3. The predicted molar refractivity (Wildman–Crippen MR) is 94.1 cm³/mol. The van der Waals surface area contributed by atoms with Crippen LogP contribution in [0.15, 0.2) is 33.8 Å². The number of nitro benzene ring substituents is 1. The van der Waals surface area contributed by atoms with Gasteiger partial charge in [-0.3, -0.25) is 14.9 Å². The molecule has 9 nitrogen and oxygen atoms in total. The van der Waals surface area contributed by atoms with Crippen molar-refractivity contribution in [3.05, 3.63) is 50.6 Å². The van der Waals surface area contributed by atoms with E-state index in [1.54, 1.807) is 17.6 Å². The molecule has 1 aromatic carbocycles. The molecule has 0 bridgehead atoms. The normalized spacial score (nSPS) is 12.0. The summed E-state index contributed by atoms with van der Waals surface area (Å²) < 4.78 is 12.8. The number of thiazole rings is 1. The summed E-state index contributed by atoms with van der Waals surface area (Å²) in [4.78, 5) is 27.5. The number of benzene rings is 1. The summed E-state index contributed by atoms with van der Waals surface area (Å²) in [5, 5.41) is 14.7. The van der Waals surface area contributed by atoms with Gasteiger partial charge >= 0.3 is 5.91 Å². The number of ether oxygens (including phenoxy) is 1. The zero-order valence-electron chi connectivity index (χ0n) is 14.2. The first-order chi connectivity index (χ1) is 12.5. The lowest BCUT2D eigenvalue weighted by Crippen LogP contribution is -2.19. The Labute approximate surface area is 151 Å². The number of hydrogen-bond donors (Lipinski definition) is 0. The predicted octanol–water partition coefficient (Wildman–Crippen LogP) is 2.69. The van der Waals surface area contributed by atoms with Gasteiger partial charge in [0.1, 0.15) is 5.76 Å². The third kappa shape index (κ3) is 3.70. The van der Waals surface area contributed by atoms with Crippen molar-refractivity contribution in [2.75, 3.05) is 13.2 Å². The van der Waals surface area contributed by atoms with Crippen molar-refractivity contribution in [2.24, 2.45) is 4.99 Å². The summed E-state index contributed by atoms with van der Waals surface area (Å²) in [5.74, 6) is -0.0206. The zero-order valence-corrected chi connectivity index (χ0v) is 15.0. The average molecular weight is 376 g/mol. The highest BCUT2D eigenvalue weighted by Gasteiger charge is 2.15. The Kier molecular flexibility index (Phi) is 5.24. The van der Waals surface area contributed by atoms with Gasteiger partial charge < -0.3 is 13.8 Å². The molecule has 0 aliphatic carbocycles. The van der Waals surface area contributed by atoms with Gasteiger partial charge in [0.25, 0.3) is 5.69 Å². The Balaban J connectivity index is 2.10. The molecule has 0 atom stereocenters. The molecule has 0 fully saturated rings. The second kappa shape index (κ2) is 7.58. The van der Waals surface area contributed by atoms with E-state index >= 15 is 0 Å². The fourth-order valence-corrected chi connectivity index (χ4v) is 3.42. The molecule has 3 aromatic rings. The molecule has 136 valence electrons. The topological polar surface area (TPSA) is 113 Å². The molecule has 0 aliphatic heterocycles. The highest BCUT2D eigenvalue weighted by atomic mass is 32.1. The maximum atomic E-state index is 12.3. The van der Waals surface area contributed by atoms with Crippen LogP contribution in [-0.2, 0) is 11.3 Å². The van der Waals surface area contributed by atoms with Crippen molar-refractivity contribution in [1.29, 1.82) is 0 Å². The van der Waals surface area contributed by atoms with Crippen molar-refractivity contribution < 1.29 is 19.0 Å². The van der Waals surface area contributed by atoms with Crippen molar-refractivity contribution in [3.63, 3.8) is 0 Å². The van der Waals surface area contributed by atoms with E-state index < -0.39 is 10.8 Å². The molecule has 2 heterocycles. The number of fused-ring (bicyclic) bond motifs is 1. The smallest absolute Gasteiger partial charge is 0.301 e. The number of nitrogens with zero attached hydrogens (tertiary/aromatic N) is 4. The van der Waals surface area contributed by atoms with Crippen molar-refractivity contribution in [2.45, 2.75) is 20.4 Å². The molecule has 2 aromatic heterocycles. The fraction of sp³-hybridized carbons (Fsp3) is 0.312. The highest BCUT2D eigenvalue weighted by Crippen LogP contribution is 2.23. The standard InChI is InChI=1S/C16H16N4O5S/c1-3-24-7-6-19-13-9-11(20(22)23)4-5-14(13)26-16(19)17-15(21)12-8-10(2)25-18-12/h4-5,8-9H,3,6-7H2,1-2H3. The second-order valence-corrected chi connectivity index (χ2v) is 6.39. The largest absolute Gasteiger partial charge is 0.380 e. The van der Waals surface area contributed by atoms with Crippen LogP contribution in [0.25, 0.3) is 10.2 Å². The van der Waals surface area contributed by atoms with Gasteiger partial charge in [0.05, 0.1) is 21.7 Å². The Morgan fingerprint density at radius 2 is 2.27 bits per heavy atom. The number of nitro groups is 1. The summed E-state index contributed by atoms with van der Waals surface area (Å²) in [6.07, 6.45) is 0. The Morgan fingerprint density at radius 3 is 2.92 bits per heavy atom. The van der Waals surface area contributed by atoms with E-state index in [9.17, 15) is 14.9 Å². The summed E-state index contributed by atoms with van der Waals surface area (Å²) in [6, 6.07) is 6.06. The minimum Gasteiger partial charge on any atom is -0.380 e. The van der Waals surface area contributed by atoms with Crippen molar-refractivity contribution in [1.82, 2.24) is 9.72 Å². The number of hydrogen-bond acceptors (Lipinski definition) is 7. The van der Waals surface area contributed by atoms with Crippen LogP contribution in [-0.4, -0.2) is 33.8 Å². The van der Waals surface area contributed by atoms with Gasteiger partial charge in [-0.05, 0) is 19.9 Å². The van der Waals surface area contributed by atoms with E-state index in [4.69, 9.17) is 9.26 Å². The van der Waals surface area contributed by atoms with Gasteiger partial charge in [-0.1, -0.05) is 16.5 Å². The minimum absolute atomic E-state index is 0.0227. The molecular weight excluding hydrogens is 360 g/mol. The van der Waals surface area contributed by atoms with E-state index in [1.807, 2.05) is 6.92 Å². The molecule has 10 heteroatoms. The SMILES string of the molecule is CCOCCn1c(=NC(=O)c2cc(C)on2)sc2ccc([N+](=O)[O-])cc21. The number of aromatic nitrogens is 2. The molecule has 0 saturated carbocycles. The number of carbonyl (C=O) groups excluding carboxylic acids is 1. The zero-order chi connectivity index (χ0) is 18.7. The van der Waals surface area contributed by atoms with Crippen LogP contribution in [0.5, 0.6) is 0 Å². The van der Waals surface area contributed by atoms with E-state index in [-0.39, 0.29) is 11.4 Å². The Hall–Kier alpha value is -2.85. The van der Waals surface area contributed by atoms with Crippen molar-refractivity contribution in [3.8, 4) is 0 Å². The molecule has 0 spiro atoms. The van der Waals surface area contributed by atoms with Crippen LogP contribution in [0.2, 0.25) is 0 Å².